The highest BCUT2D eigenvalue weighted by atomic mass is 16.3. The SMILES string of the molecule is CNC(=O)c1nn(CC2(c3cn(C)c4ccccc34)CCCC2)cc(O)c1=O. The Labute approximate surface area is 162 Å². The van der Waals surface area contributed by atoms with Gasteiger partial charge in [-0.05, 0) is 24.5 Å². The van der Waals surface area contributed by atoms with Gasteiger partial charge in [0.15, 0.2) is 11.4 Å². The van der Waals surface area contributed by atoms with Crippen LogP contribution in [0.1, 0.15) is 41.7 Å². The molecule has 1 fully saturated rings. The second kappa shape index (κ2) is 6.82. The largest absolute Gasteiger partial charge is 0.503 e. The van der Waals surface area contributed by atoms with Gasteiger partial charge in [0.1, 0.15) is 0 Å². The lowest BCUT2D eigenvalue weighted by Gasteiger charge is -2.29. The number of para-hydroxylation sites is 1. The van der Waals surface area contributed by atoms with Crippen LogP contribution in [-0.4, -0.2) is 32.4 Å². The molecule has 0 unspecified atom stereocenters. The summed E-state index contributed by atoms with van der Waals surface area (Å²) in [5.41, 5.74) is 1.24. The fourth-order valence-corrected chi connectivity index (χ4v) is 4.51. The van der Waals surface area contributed by atoms with E-state index in [4.69, 9.17) is 0 Å². The van der Waals surface area contributed by atoms with Crippen LogP contribution >= 0.6 is 0 Å². The Hall–Kier alpha value is -3.09. The highest BCUT2D eigenvalue weighted by Crippen LogP contribution is 2.45. The van der Waals surface area contributed by atoms with Gasteiger partial charge in [-0.25, -0.2) is 0 Å². The fraction of sp³-hybridized carbons (Fsp3) is 0.381. The molecule has 2 heterocycles. The lowest BCUT2D eigenvalue weighted by Crippen LogP contribution is -2.33. The number of hydrogen-bond donors (Lipinski definition) is 2. The number of aromatic nitrogens is 3. The number of rotatable bonds is 4. The Morgan fingerprint density at radius 1 is 1.25 bits per heavy atom. The summed E-state index contributed by atoms with van der Waals surface area (Å²) in [4.78, 5) is 24.1. The summed E-state index contributed by atoms with van der Waals surface area (Å²) in [5, 5.41) is 17.9. The number of amides is 1. The van der Waals surface area contributed by atoms with E-state index < -0.39 is 17.1 Å². The minimum atomic E-state index is -0.749. The van der Waals surface area contributed by atoms with Crippen LogP contribution in [-0.2, 0) is 19.0 Å². The molecule has 1 aliphatic rings. The van der Waals surface area contributed by atoms with Crippen LogP contribution in [0.15, 0.2) is 41.5 Å². The summed E-state index contributed by atoms with van der Waals surface area (Å²) in [6.07, 6.45) is 7.71. The normalized spacial score (nSPS) is 15.8. The number of carbonyl (C=O) groups excluding carboxylic acids is 1. The second-order valence-electron chi connectivity index (χ2n) is 7.63. The fourth-order valence-electron chi connectivity index (χ4n) is 4.51. The van der Waals surface area contributed by atoms with Crippen molar-refractivity contribution in [1.29, 1.82) is 0 Å². The molecule has 2 N–H and O–H groups in total. The Balaban J connectivity index is 1.83. The molecule has 4 rings (SSSR count). The molecular weight excluding hydrogens is 356 g/mol. The molecule has 0 radical (unpaired) electrons. The van der Waals surface area contributed by atoms with Crippen molar-refractivity contribution in [3.8, 4) is 5.75 Å². The summed E-state index contributed by atoms with van der Waals surface area (Å²) in [5.74, 6) is -1.06. The summed E-state index contributed by atoms with van der Waals surface area (Å²) in [6.45, 7) is 0.499. The molecule has 2 aromatic heterocycles. The van der Waals surface area contributed by atoms with E-state index in [2.05, 4.69) is 33.3 Å². The van der Waals surface area contributed by atoms with Crippen LogP contribution in [0.2, 0.25) is 0 Å². The first-order valence-electron chi connectivity index (χ1n) is 9.52. The third-order valence-electron chi connectivity index (χ3n) is 5.88. The quantitative estimate of drug-likeness (QED) is 0.727. The average molecular weight is 380 g/mol. The zero-order valence-electron chi connectivity index (χ0n) is 16.1. The van der Waals surface area contributed by atoms with Crippen LogP contribution < -0.4 is 10.7 Å². The summed E-state index contributed by atoms with van der Waals surface area (Å²) < 4.78 is 3.69. The van der Waals surface area contributed by atoms with Gasteiger partial charge in [-0.3, -0.25) is 14.3 Å². The maximum absolute atomic E-state index is 12.1. The lowest BCUT2D eigenvalue weighted by molar-refractivity contribution is 0.0953. The minimum absolute atomic E-state index is 0.157. The third-order valence-corrected chi connectivity index (χ3v) is 5.88. The summed E-state index contributed by atoms with van der Waals surface area (Å²) >= 11 is 0. The molecule has 0 spiro atoms. The van der Waals surface area contributed by atoms with Crippen molar-refractivity contribution >= 4 is 16.8 Å². The third kappa shape index (κ3) is 2.87. The molecule has 0 atom stereocenters. The van der Waals surface area contributed by atoms with E-state index in [9.17, 15) is 14.7 Å². The molecule has 0 aliphatic heterocycles. The van der Waals surface area contributed by atoms with Crippen molar-refractivity contribution in [2.45, 2.75) is 37.6 Å². The Bertz CT molecular complexity index is 1110. The molecule has 146 valence electrons. The number of benzene rings is 1. The van der Waals surface area contributed by atoms with Crippen LogP contribution in [0.3, 0.4) is 0 Å². The van der Waals surface area contributed by atoms with E-state index >= 15 is 0 Å². The van der Waals surface area contributed by atoms with E-state index in [0.29, 0.717) is 6.54 Å². The van der Waals surface area contributed by atoms with Crippen LogP contribution in [0.25, 0.3) is 10.9 Å². The number of nitrogens with one attached hydrogen (secondary N) is 1. The Kier molecular flexibility index (Phi) is 4.45. The molecule has 28 heavy (non-hydrogen) atoms. The van der Waals surface area contributed by atoms with Gasteiger partial charge in [0, 0.05) is 36.6 Å². The predicted molar refractivity (Wildman–Crippen MR) is 107 cm³/mol. The van der Waals surface area contributed by atoms with Crippen LogP contribution in [0.4, 0.5) is 0 Å². The Morgan fingerprint density at radius 2 is 1.96 bits per heavy atom. The van der Waals surface area contributed by atoms with Gasteiger partial charge in [0.25, 0.3) is 11.3 Å². The highest BCUT2D eigenvalue weighted by Gasteiger charge is 2.38. The molecule has 1 saturated carbocycles. The molecule has 0 bridgehead atoms. The predicted octanol–water partition coefficient (Wildman–Crippen LogP) is 2.31. The van der Waals surface area contributed by atoms with Gasteiger partial charge in [-0.15, -0.1) is 0 Å². The van der Waals surface area contributed by atoms with Crippen LogP contribution in [0.5, 0.6) is 5.75 Å². The van der Waals surface area contributed by atoms with E-state index in [1.165, 1.54) is 29.7 Å². The summed E-state index contributed by atoms with van der Waals surface area (Å²) in [6, 6.07) is 8.32. The van der Waals surface area contributed by atoms with Gasteiger partial charge < -0.3 is 15.0 Å². The smallest absolute Gasteiger partial charge is 0.275 e. The van der Waals surface area contributed by atoms with Crippen molar-refractivity contribution in [3.05, 3.63) is 58.1 Å². The number of aromatic hydroxyl groups is 1. The molecule has 1 aromatic carbocycles. The molecular formula is C21H24N4O3. The van der Waals surface area contributed by atoms with Crippen molar-refractivity contribution in [2.75, 3.05) is 7.05 Å². The van der Waals surface area contributed by atoms with Gasteiger partial charge in [0.2, 0.25) is 0 Å². The number of nitrogens with zero attached hydrogens (tertiary/aromatic N) is 3. The number of fused-ring (bicyclic) bond motifs is 1. The first kappa shape index (κ1) is 18.3. The van der Waals surface area contributed by atoms with Crippen molar-refractivity contribution in [3.63, 3.8) is 0 Å². The first-order valence-corrected chi connectivity index (χ1v) is 9.52. The molecule has 0 saturated heterocycles. The maximum Gasteiger partial charge on any atom is 0.275 e. The molecule has 1 aliphatic carbocycles. The molecule has 7 nitrogen and oxygen atoms in total. The zero-order valence-corrected chi connectivity index (χ0v) is 16.1. The van der Waals surface area contributed by atoms with Gasteiger partial charge in [-0.1, -0.05) is 31.0 Å². The first-order chi connectivity index (χ1) is 13.4. The standard InChI is InChI=1S/C21H24N4O3/c1-22-20(28)18-19(27)17(26)12-25(23-18)13-21(9-5-6-10-21)15-11-24(2)16-8-4-3-7-14(15)16/h3-4,7-8,11-12,26H,5-6,9-10,13H2,1-2H3,(H,22,28). The van der Waals surface area contributed by atoms with E-state index in [-0.39, 0.29) is 11.1 Å². The number of hydrogen-bond acceptors (Lipinski definition) is 4. The lowest BCUT2D eigenvalue weighted by atomic mass is 9.78. The molecule has 7 heteroatoms. The summed E-state index contributed by atoms with van der Waals surface area (Å²) in [7, 11) is 3.48. The monoisotopic (exact) mass is 380 g/mol. The molecule has 1 amide bonds. The van der Waals surface area contributed by atoms with Gasteiger partial charge >= 0.3 is 0 Å². The number of carbonyl (C=O) groups is 1. The minimum Gasteiger partial charge on any atom is -0.503 e. The van der Waals surface area contributed by atoms with Gasteiger partial charge in [-0.2, -0.15) is 5.10 Å². The van der Waals surface area contributed by atoms with Crippen molar-refractivity contribution in [1.82, 2.24) is 19.7 Å². The van der Waals surface area contributed by atoms with E-state index in [1.54, 1.807) is 4.68 Å². The van der Waals surface area contributed by atoms with Gasteiger partial charge in [0.05, 0.1) is 12.7 Å². The Morgan fingerprint density at radius 3 is 2.68 bits per heavy atom. The van der Waals surface area contributed by atoms with Crippen molar-refractivity contribution < 1.29 is 9.90 Å². The number of aryl methyl sites for hydroxylation is 1. The van der Waals surface area contributed by atoms with Crippen molar-refractivity contribution in [2.24, 2.45) is 7.05 Å². The highest BCUT2D eigenvalue weighted by molar-refractivity contribution is 5.92. The topological polar surface area (TPSA) is 89.2 Å². The second-order valence-corrected chi connectivity index (χ2v) is 7.63. The van der Waals surface area contributed by atoms with Crippen LogP contribution in [0, 0.1) is 0 Å². The maximum atomic E-state index is 12.1. The van der Waals surface area contributed by atoms with E-state index in [1.807, 2.05) is 19.2 Å². The average Bonchev–Trinajstić information content (AvgIpc) is 3.30. The van der Waals surface area contributed by atoms with E-state index in [0.717, 1.165) is 25.7 Å². The zero-order chi connectivity index (χ0) is 19.9. The molecule has 3 aromatic rings.